The Hall–Kier alpha value is -1.00. The predicted molar refractivity (Wildman–Crippen MR) is 167 cm³/mol. The fourth-order valence-electron chi connectivity index (χ4n) is 7.00. The van der Waals surface area contributed by atoms with Gasteiger partial charge in [0.1, 0.15) is 110 Å². The van der Waals surface area contributed by atoms with Crippen LogP contribution in [0.15, 0.2) is 0 Å². The highest BCUT2D eigenvalue weighted by molar-refractivity contribution is 4.99. The zero-order valence-corrected chi connectivity index (χ0v) is 29.2. The maximum absolute atomic E-state index is 11.3. The van der Waals surface area contributed by atoms with E-state index in [1.54, 1.807) is 0 Å². The predicted octanol–water partition coefficient (Wildman–Crippen LogP) is -10.9. The van der Waals surface area contributed by atoms with Gasteiger partial charge in [0.15, 0.2) is 31.5 Å². The highest BCUT2D eigenvalue weighted by atomic mass is 16.8. The van der Waals surface area contributed by atoms with E-state index in [2.05, 4.69) is 0 Å². The summed E-state index contributed by atoms with van der Waals surface area (Å²) in [6.07, 6.45) is -42.1. The third-order valence-electron chi connectivity index (χ3n) is 10.4. The van der Waals surface area contributed by atoms with Gasteiger partial charge in [-0.15, -0.1) is 0 Å². The summed E-state index contributed by atoms with van der Waals surface area (Å²) in [4.78, 5) is 0. The van der Waals surface area contributed by atoms with Crippen molar-refractivity contribution in [2.75, 3.05) is 26.4 Å². The molecule has 25 heteroatoms. The van der Waals surface area contributed by atoms with Crippen molar-refractivity contribution in [3.8, 4) is 0 Å². The smallest absolute Gasteiger partial charge is 0.187 e. The van der Waals surface area contributed by atoms with Gasteiger partial charge in [0.2, 0.25) is 0 Å². The summed E-state index contributed by atoms with van der Waals surface area (Å²) in [5.41, 5.74) is 6.42. The van der Waals surface area contributed by atoms with Crippen LogP contribution in [0.5, 0.6) is 0 Å². The zero-order chi connectivity index (χ0) is 40.6. The third kappa shape index (κ3) is 9.11. The quantitative estimate of drug-likeness (QED) is 0.0870. The summed E-state index contributed by atoms with van der Waals surface area (Å²) in [5, 5.41) is 156. The number of aliphatic hydroxyl groups excluding tert-OH is 15. The third-order valence-corrected chi connectivity index (χ3v) is 10.4. The lowest BCUT2D eigenvalue weighted by molar-refractivity contribution is -0.389. The molecule has 13 unspecified atom stereocenters. The first-order valence-corrected chi connectivity index (χ1v) is 17.6. The van der Waals surface area contributed by atoms with E-state index in [1.165, 1.54) is 6.92 Å². The minimum Gasteiger partial charge on any atom is -0.394 e. The molecule has 0 aromatic heterocycles. The van der Waals surface area contributed by atoms with E-state index >= 15 is 0 Å². The highest BCUT2D eigenvalue weighted by Crippen LogP contribution is 2.35. The normalized spacial score (nSPS) is 53.9. The van der Waals surface area contributed by atoms with Crippen molar-refractivity contribution in [2.45, 2.75) is 160 Å². The maximum atomic E-state index is 11.3. The summed E-state index contributed by atoms with van der Waals surface area (Å²) in [6.45, 7) is -2.19. The molecule has 0 bridgehead atoms. The maximum Gasteiger partial charge on any atom is 0.187 e. The van der Waals surface area contributed by atoms with Crippen molar-refractivity contribution in [1.29, 1.82) is 0 Å². The molecule has 25 nitrogen and oxygen atoms in total. The first-order valence-electron chi connectivity index (χ1n) is 17.6. The molecule has 5 saturated heterocycles. The lowest BCUT2D eigenvalue weighted by Crippen LogP contribution is -2.69. The van der Waals surface area contributed by atoms with Crippen LogP contribution >= 0.6 is 0 Å². The molecule has 55 heavy (non-hydrogen) atoms. The van der Waals surface area contributed by atoms with Gasteiger partial charge < -0.3 is 125 Å². The van der Waals surface area contributed by atoms with Crippen LogP contribution in [0.1, 0.15) is 6.92 Å². The van der Waals surface area contributed by atoms with E-state index in [0.29, 0.717) is 0 Å². The van der Waals surface area contributed by atoms with Crippen molar-refractivity contribution >= 4 is 0 Å². The van der Waals surface area contributed by atoms with Crippen LogP contribution in [-0.2, 0) is 42.6 Å². The molecule has 0 saturated carbocycles. The van der Waals surface area contributed by atoms with Crippen molar-refractivity contribution in [1.82, 2.24) is 0 Å². The molecule has 0 amide bonds. The second-order valence-electron chi connectivity index (χ2n) is 14.0. The lowest BCUT2D eigenvalue weighted by Gasteiger charge is -2.50. The molecular weight excluding hydrogens is 758 g/mol. The van der Waals surface area contributed by atoms with Crippen LogP contribution in [0.4, 0.5) is 0 Å². The summed E-state index contributed by atoms with van der Waals surface area (Å²) >= 11 is 0. The minimum absolute atomic E-state index is 0.846. The fraction of sp³-hybridized carbons (Fsp3) is 1.00. The first kappa shape index (κ1) is 45.1. The highest BCUT2D eigenvalue weighted by Gasteiger charge is 2.56. The van der Waals surface area contributed by atoms with Gasteiger partial charge in [-0.3, -0.25) is 0 Å². The van der Waals surface area contributed by atoms with E-state index in [0.717, 1.165) is 0 Å². The van der Waals surface area contributed by atoms with Crippen LogP contribution in [0.3, 0.4) is 0 Å². The molecule has 5 aliphatic rings. The number of nitrogens with two attached hydrogens (primary N) is 1. The summed E-state index contributed by atoms with van der Waals surface area (Å²) in [5.74, 6) is 0. The van der Waals surface area contributed by atoms with E-state index in [9.17, 15) is 76.6 Å². The average molecular weight is 812 g/mol. The van der Waals surface area contributed by atoms with Gasteiger partial charge in [-0.1, -0.05) is 0 Å². The Bertz CT molecular complexity index is 1200. The Morgan fingerprint density at radius 1 is 0.382 bits per heavy atom. The molecule has 25 atom stereocenters. The zero-order valence-electron chi connectivity index (χ0n) is 29.2. The SMILES string of the molecule is CC1O[C@@H](OC2[C@H](O[C@@H]3C(N)C(OC4C(O)C(CO)O[C@@H](O[C@H]5C(CO)O[C@@H](O)C(O)[C@H]5O)C4O)OC(CO)[C@@H]3O)OC(CO)[C@H](O)[C@@H]2O)C(O)[C@H](O)[C@H]1O. The van der Waals surface area contributed by atoms with Gasteiger partial charge >= 0.3 is 0 Å². The van der Waals surface area contributed by atoms with E-state index < -0.39 is 180 Å². The van der Waals surface area contributed by atoms with Gasteiger partial charge in [0.05, 0.1) is 38.6 Å². The molecule has 17 N–H and O–H groups in total. The first-order chi connectivity index (χ1) is 26.0. The van der Waals surface area contributed by atoms with Crippen LogP contribution < -0.4 is 5.73 Å². The molecule has 5 fully saturated rings. The number of hydrogen-bond acceptors (Lipinski definition) is 25. The Balaban J connectivity index is 1.37. The monoisotopic (exact) mass is 811 g/mol. The summed E-state index contributed by atoms with van der Waals surface area (Å²) in [7, 11) is 0. The molecule has 5 heterocycles. The topological polar surface area (TPSA) is 413 Å². The molecule has 0 aromatic rings. The van der Waals surface area contributed by atoms with Gasteiger partial charge in [-0.05, 0) is 6.92 Å². The van der Waals surface area contributed by atoms with Gasteiger partial charge in [-0.2, -0.15) is 0 Å². The van der Waals surface area contributed by atoms with Gasteiger partial charge in [-0.25, -0.2) is 0 Å². The van der Waals surface area contributed by atoms with Crippen molar-refractivity contribution in [3.05, 3.63) is 0 Å². The Morgan fingerprint density at radius 3 is 1.44 bits per heavy atom. The molecule has 0 aliphatic carbocycles. The van der Waals surface area contributed by atoms with Crippen molar-refractivity contribution < 1.29 is 119 Å². The Morgan fingerprint density at radius 2 is 0.836 bits per heavy atom. The van der Waals surface area contributed by atoms with Crippen LogP contribution in [0.25, 0.3) is 0 Å². The molecule has 5 rings (SSSR count). The van der Waals surface area contributed by atoms with Gasteiger partial charge in [0.25, 0.3) is 0 Å². The Kier molecular flexibility index (Phi) is 15.5. The second-order valence-corrected chi connectivity index (χ2v) is 14.0. The average Bonchev–Trinajstić information content (AvgIpc) is 3.17. The standard InChI is InChI=1S/C30H53NO24/c1-6-12(36)16(40)20(44)28(47-6)55-25-17(41)13(37)7(2-32)51-30(25)53-23-11(31)27(49-8(3-33)14(23)38)54-24-15(39)9(4-34)50-29(21(24)45)52-22-10(5-35)48-26(46)19(43)18(22)42/h6-30,32-46H,2-5,31H2,1H3/t6?,7?,8?,9?,10?,11?,12-,13-,14-,15?,16+,17-,18+,19?,20?,21?,22-,23+,24?,25?,26+,27?,28-,29-,30-/m0/s1. The van der Waals surface area contributed by atoms with Gasteiger partial charge in [0, 0.05) is 0 Å². The second kappa shape index (κ2) is 18.9. The molecule has 5 aliphatic heterocycles. The number of rotatable bonds is 12. The minimum atomic E-state index is -2.04. The van der Waals surface area contributed by atoms with Crippen LogP contribution in [0.2, 0.25) is 0 Å². The van der Waals surface area contributed by atoms with E-state index in [1.807, 2.05) is 0 Å². The fourth-order valence-corrected chi connectivity index (χ4v) is 7.00. The summed E-state index contributed by atoms with van der Waals surface area (Å²) in [6, 6.07) is -1.66. The number of aliphatic hydroxyl groups is 15. The largest absolute Gasteiger partial charge is 0.394 e. The molecular formula is C30H53NO24. The van der Waals surface area contributed by atoms with E-state index in [4.69, 9.17) is 48.4 Å². The summed E-state index contributed by atoms with van der Waals surface area (Å²) < 4.78 is 50.3. The molecule has 0 spiro atoms. The van der Waals surface area contributed by atoms with Crippen LogP contribution in [-0.4, -0.2) is 256 Å². The molecule has 0 aromatic carbocycles. The molecule has 0 radical (unpaired) electrons. The van der Waals surface area contributed by atoms with Crippen molar-refractivity contribution in [3.63, 3.8) is 0 Å². The van der Waals surface area contributed by atoms with Crippen molar-refractivity contribution in [2.24, 2.45) is 5.73 Å². The number of hydrogen-bond donors (Lipinski definition) is 16. The van der Waals surface area contributed by atoms with E-state index in [-0.39, 0.29) is 0 Å². The van der Waals surface area contributed by atoms with Crippen LogP contribution in [0, 0.1) is 0 Å². The Labute approximate surface area is 312 Å². The number of ether oxygens (including phenoxy) is 9. The lowest BCUT2D eigenvalue weighted by atomic mass is 9.94. The molecule has 322 valence electrons.